The number of methoxy groups -OCH3 is 2. The molecule has 0 aliphatic rings. The van der Waals surface area contributed by atoms with E-state index in [9.17, 15) is 4.79 Å². The van der Waals surface area contributed by atoms with Crippen LogP contribution in [-0.4, -0.2) is 38.6 Å². The molecule has 0 unspecified atom stereocenters. The van der Waals surface area contributed by atoms with Crippen molar-refractivity contribution in [3.63, 3.8) is 0 Å². The number of hydrogen-bond acceptors (Lipinski definition) is 5. The SMILES string of the molecule is COc1cc(C)c(NC(=O)OCCO)cc1OC. The van der Waals surface area contributed by atoms with Gasteiger partial charge >= 0.3 is 6.09 Å². The number of aryl methyl sites for hydroxylation is 1. The van der Waals surface area contributed by atoms with Gasteiger partial charge in [0.05, 0.1) is 26.5 Å². The minimum atomic E-state index is -0.626. The Kier molecular flexibility index (Phi) is 5.26. The summed E-state index contributed by atoms with van der Waals surface area (Å²) in [6, 6.07) is 3.40. The molecular formula is C12H17NO5. The van der Waals surface area contributed by atoms with Crippen LogP contribution in [0.25, 0.3) is 0 Å². The highest BCUT2D eigenvalue weighted by Gasteiger charge is 2.11. The van der Waals surface area contributed by atoms with Gasteiger partial charge in [0.2, 0.25) is 0 Å². The highest BCUT2D eigenvalue weighted by Crippen LogP contribution is 2.32. The average Bonchev–Trinajstić information content (AvgIpc) is 2.38. The van der Waals surface area contributed by atoms with Gasteiger partial charge in [0, 0.05) is 6.07 Å². The monoisotopic (exact) mass is 255 g/mol. The minimum Gasteiger partial charge on any atom is -0.493 e. The van der Waals surface area contributed by atoms with Gasteiger partial charge in [-0.05, 0) is 18.6 Å². The van der Waals surface area contributed by atoms with E-state index in [0.717, 1.165) is 5.56 Å². The van der Waals surface area contributed by atoms with Crippen LogP contribution in [0.4, 0.5) is 10.5 Å². The Morgan fingerprint density at radius 3 is 2.44 bits per heavy atom. The highest BCUT2D eigenvalue weighted by molar-refractivity contribution is 5.86. The van der Waals surface area contributed by atoms with E-state index in [0.29, 0.717) is 17.2 Å². The molecule has 0 radical (unpaired) electrons. The fourth-order valence-electron chi connectivity index (χ4n) is 1.40. The predicted molar refractivity (Wildman–Crippen MR) is 66.3 cm³/mol. The van der Waals surface area contributed by atoms with Gasteiger partial charge in [0.25, 0.3) is 0 Å². The second-order valence-corrected chi connectivity index (χ2v) is 3.51. The Bertz CT molecular complexity index is 419. The van der Waals surface area contributed by atoms with Crippen LogP contribution < -0.4 is 14.8 Å². The topological polar surface area (TPSA) is 77.0 Å². The van der Waals surface area contributed by atoms with Crippen molar-refractivity contribution in [2.75, 3.05) is 32.8 Å². The van der Waals surface area contributed by atoms with Gasteiger partial charge < -0.3 is 19.3 Å². The number of aliphatic hydroxyl groups excluding tert-OH is 1. The van der Waals surface area contributed by atoms with Crippen molar-refractivity contribution in [3.05, 3.63) is 17.7 Å². The zero-order chi connectivity index (χ0) is 13.5. The van der Waals surface area contributed by atoms with Crippen LogP contribution in [0.5, 0.6) is 11.5 Å². The number of anilines is 1. The average molecular weight is 255 g/mol. The van der Waals surface area contributed by atoms with Crippen LogP contribution in [0.15, 0.2) is 12.1 Å². The molecule has 0 aromatic heterocycles. The summed E-state index contributed by atoms with van der Waals surface area (Å²) >= 11 is 0. The third kappa shape index (κ3) is 3.53. The van der Waals surface area contributed by atoms with E-state index < -0.39 is 6.09 Å². The first-order chi connectivity index (χ1) is 8.62. The van der Waals surface area contributed by atoms with Crippen molar-refractivity contribution in [3.8, 4) is 11.5 Å². The third-order valence-corrected chi connectivity index (χ3v) is 2.29. The van der Waals surface area contributed by atoms with Gasteiger partial charge in [-0.3, -0.25) is 5.32 Å². The summed E-state index contributed by atoms with van der Waals surface area (Å²) in [5, 5.41) is 11.1. The zero-order valence-corrected chi connectivity index (χ0v) is 10.6. The van der Waals surface area contributed by atoms with E-state index in [2.05, 4.69) is 5.32 Å². The zero-order valence-electron chi connectivity index (χ0n) is 10.6. The fraction of sp³-hybridized carbons (Fsp3) is 0.417. The van der Waals surface area contributed by atoms with Gasteiger partial charge in [-0.25, -0.2) is 4.79 Å². The fourth-order valence-corrected chi connectivity index (χ4v) is 1.40. The molecule has 0 fully saturated rings. The number of carbonyl (C=O) groups is 1. The number of ether oxygens (including phenoxy) is 3. The number of rotatable bonds is 5. The normalized spacial score (nSPS) is 9.78. The minimum absolute atomic E-state index is 0.0435. The molecule has 0 aliphatic carbocycles. The second kappa shape index (κ2) is 6.70. The maximum atomic E-state index is 11.4. The van der Waals surface area contributed by atoms with Gasteiger partial charge in [-0.2, -0.15) is 0 Å². The Morgan fingerprint density at radius 1 is 1.28 bits per heavy atom. The molecule has 0 saturated carbocycles. The molecule has 100 valence electrons. The maximum Gasteiger partial charge on any atom is 0.411 e. The number of carbonyl (C=O) groups excluding carboxylic acids is 1. The van der Waals surface area contributed by atoms with Crippen LogP contribution >= 0.6 is 0 Å². The smallest absolute Gasteiger partial charge is 0.411 e. The number of benzene rings is 1. The van der Waals surface area contributed by atoms with E-state index in [-0.39, 0.29) is 13.2 Å². The lowest BCUT2D eigenvalue weighted by Crippen LogP contribution is -2.16. The molecule has 0 saturated heterocycles. The molecule has 6 heteroatoms. The number of amides is 1. The van der Waals surface area contributed by atoms with E-state index >= 15 is 0 Å². The van der Waals surface area contributed by atoms with Gasteiger partial charge in [0.15, 0.2) is 11.5 Å². The Morgan fingerprint density at radius 2 is 1.89 bits per heavy atom. The van der Waals surface area contributed by atoms with Crippen molar-refractivity contribution in [1.82, 2.24) is 0 Å². The lowest BCUT2D eigenvalue weighted by atomic mass is 10.2. The molecule has 2 N–H and O–H groups in total. The number of nitrogens with one attached hydrogen (secondary N) is 1. The second-order valence-electron chi connectivity index (χ2n) is 3.51. The summed E-state index contributed by atoms with van der Waals surface area (Å²) in [7, 11) is 3.06. The lowest BCUT2D eigenvalue weighted by molar-refractivity contribution is 0.131. The number of aliphatic hydroxyl groups is 1. The van der Waals surface area contributed by atoms with Gasteiger partial charge in [-0.15, -0.1) is 0 Å². The molecule has 0 atom stereocenters. The van der Waals surface area contributed by atoms with Crippen molar-refractivity contribution < 1.29 is 24.1 Å². The Labute approximate surface area is 105 Å². The van der Waals surface area contributed by atoms with Crippen LogP contribution in [0, 0.1) is 6.92 Å². The molecule has 1 aromatic rings. The van der Waals surface area contributed by atoms with Crippen LogP contribution in [0.2, 0.25) is 0 Å². The van der Waals surface area contributed by atoms with Crippen molar-refractivity contribution >= 4 is 11.8 Å². The van der Waals surface area contributed by atoms with E-state index in [1.165, 1.54) is 7.11 Å². The lowest BCUT2D eigenvalue weighted by Gasteiger charge is -2.13. The van der Waals surface area contributed by atoms with Gasteiger partial charge in [0.1, 0.15) is 6.61 Å². The quantitative estimate of drug-likeness (QED) is 0.834. The van der Waals surface area contributed by atoms with E-state index in [1.807, 2.05) is 6.92 Å². The molecule has 1 aromatic carbocycles. The molecule has 0 bridgehead atoms. The summed E-state index contributed by atoms with van der Waals surface area (Å²) in [5.74, 6) is 1.10. The standard InChI is InChI=1S/C12H17NO5/c1-8-6-10(16-2)11(17-3)7-9(8)13-12(15)18-5-4-14/h6-7,14H,4-5H2,1-3H3,(H,13,15). The largest absolute Gasteiger partial charge is 0.493 e. The third-order valence-electron chi connectivity index (χ3n) is 2.29. The van der Waals surface area contributed by atoms with Crippen molar-refractivity contribution in [2.45, 2.75) is 6.92 Å². The van der Waals surface area contributed by atoms with E-state index in [1.54, 1.807) is 19.2 Å². The highest BCUT2D eigenvalue weighted by atomic mass is 16.6. The van der Waals surface area contributed by atoms with Crippen LogP contribution in [0.3, 0.4) is 0 Å². The summed E-state index contributed by atoms with van der Waals surface area (Å²) in [4.78, 5) is 11.4. The molecule has 0 aliphatic heterocycles. The molecular weight excluding hydrogens is 238 g/mol. The summed E-state index contributed by atoms with van der Waals surface area (Å²) in [6.45, 7) is 1.57. The van der Waals surface area contributed by atoms with E-state index in [4.69, 9.17) is 19.3 Å². The summed E-state index contributed by atoms with van der Waals surface area (Å²) in [6.07, 6.45) is -0.626. The summed E-state index contributed by atoms with van der Waals surface area (Å²) in [5.41, 5.74) is 1.38. The molecule has 18 heavy (non-hydrogen) atoms. The van der Waals surface area contributed by atoms with Gasteiger partial charge in [-0.1, -0.05) is 0 Å². The Balaban J connectivity index is 2.85. The first kappa shape index (κ1) is 14.1. The molecule has 1 amide bonds. The molecule has 1 rings (SSSR count). The van der Waals surface area contributed by atoms with Crippen LogP contribution in [-0.2, 0) is 4.74 Å². The van der Waals surface area contributed by atoms with Crippen molar-refractivity contribution in [2.24, 2.45) is 0 Å². The number of hydrogen-bond donors (Lipinski definition) is 2. The van der Waals surface area contributed by atoms with Crippen LogP contribution in [0.1, 0.15) is 5.56 Å². The molecule has 6 nitrogen and oxygen atoms in total. The molecule has 0 spiro atoms. The molecule has 0 heterocycles. The summed E-state index contributed by atoms with van der Waals surface area (Å²) < 4.78 is 15.0. The van der Waals surface area contributed by atoms with Crippen molar-refractivity contribution in [1.29, 1.82) is 0 Å². The first-order valence-electron chi connectivity index (χ1n) is 5.39. The Hall–Kier alpha value is -1.95. The predicted octanol–water partition coefficient (Wildman–Crippen LogP) is 1.55. The first-order valence-corrected chi connectivity index (χ1v) is 5.39. The maximum absolute atomic E-state index is 11.4.